The smallest absolute Gasteiger partial charge is 0.338 e. The van der Waals surface area contributed by atoms with Gasteiger partial charge in [0.05, 0.1) is 5.57 Å². The molecule has 1 rings (SSSR count). The van der Waals surface area contributed by atoms with Gasteiger partial charge >= 0.3 is 5.97 Å². The molecule has 0 aromatic heterocycles. The first kappa shape index (κ1) is 7.31. The molecule has 0 saturated heterocycles. The molecule has 1 aliphatic rings. The van der Waals surface area contributed by atoms with Crippen LogP contribution in [-0.2, 0) is 9.59 Å². The zero-order valence-electron chi connectivity index (χ0n) is 5.50. The molecule has 4 heteroatoms. The van der Waals surface area contributed by atoms with E-state index >= 15 is 0 Å². The van der Waals surface area contributed by atoms with Gasteiger partial charge in [-0.2, -0.15) is 0 Å². The maximum atomic E-state index is 10.4. The Labute approximate surface area is 62.5 Å². The third-order valence-electron chi connectivity index (χ3n) is 1.19. The highest BCUT2D eigenvalue weighted by Gasteiger charge is 2.14. The van der Waals surface area contributed by atoms with Gasteiger partial charge < -0.3 is 10.4 Å². The van der Waals surface area contributed by atoms with Crippen molar-refractivity contribution >= 4 is 11.9 Å². The van der Waals surface area contributed by atoms with Gasteiger partial charge in [0, 0.05) is 6.20 Å². The van der Waals surface area contributed by atoms with E-state index < -0.39 is 5.97 Å². The number of carbonyl (C=O) groups is 1. The molecule has 0 aromatic carbocycles. The SMILES string of the molecule is O=C=C1NC=CC=C1C(=O)O. The normalized spacial score (nSPS) is 14.9. The maximum absolute atomic E-state index is 10.4. The van der Waals surface area contributed by atoms with E-state index in [-0.39, 0.29) is 11.3 Å². The summed E-state index contributed by atoms with van der Waals surface area (Å²) >= 11 is 0. The number of allylic oxidation sites excluding steroid dienone is 2. The van der Waals surface area contributed by atoms with E-state index in [0.29, 0.717) is 0 Å². The lowest BCUT2D eigenvalue weighted by Crippen LogP contribution is -2.16. The van der Waals surface area contributed by atoms with Crippen molar-refractivity contribution in [3.63, 3.8) is 0 Å². The summed E-state index contributed by atoms with van der Waals surface area (Å²) in [7, 11) is 0. The number of hydrogen-bond donors (Lipinski definition) is 2. The first-order valence-electron chi connectivity index (χ1n) is 2.88. The second-order valence-corrected chi connectivity index (χ2v) is 1.87. The Morgan fingerprint density at radius 2 is 2.36 bits per heavy atom. The lowest BCUT2D eigenvalue weighted by Gasteiger charge is -2.05. The van der Waals surface area contributed by atoms with Crippen LogP contribution in [0.4, 0.5) is 0 Å². The van der Waals surface area contributed by atoms with Crippen LogP contribution in [0.1, 0.15) is 0 Å². The Kier molecular flexibility index (Phi) is 1.90. The zero-order chi connectivity index (χ0) is 8.27. The Bertz CT molecular complexity index is 295. The van der Waals surface area contributed by atoms with Crippen LogP contribution in [0.25, 0.3) is 0 Å². The second-order valence-electron chi connectivity index (χ2n) is 1.87. The Hall–Kier alpha value is -1.80. The zero-order valence-corrected chi connectivity index (χ0v) is 5.50. The second kappa shape index (κ2) is 2.86. The van der Waals surface area contributed by atoms with Crippen molar-refractivity contribution in [2.24, 2.45) is 0 Å². The summed E-state index contributed by atoms with van der Waals surface area (Å²) < 4.78 is 0. The average Bonchev–Trinajstić information content (AvgIpc) is 2.04. The van der Waals surface area contributed by atoms with Crippen molar-refractivity contribution in [1.29, 1.82) is 0 Å². The van der Waals surface area contributed by atoms with E-state index in [4.69, 9.17) is 5.11 Å². The Balaban J connectivity index is 3.06. The molecule has 0 bridgehead atoms. The number of rotatable bonds is 1. The third kappa shape index (κ3) is 1.36. The van der Waals surface area contributed by atoms with Crippen LogP contribution in [0.15, 0.2) is 29.6 Å². The van der Waals surface area contributed by atoms with E-state index in [2.05, 4.69) is 5.32 Å². The van der Waals surface area contributed by atoms with Gasteiger partial charge in [0.2, 0.25) is 0 Å². The van der Waals surface area contributed by atoms with Gasteiger partial charge in [0.15, 0.2) is 5.94 Å². The maximum Gasteiger partial charge on any atom is 0.338 e. The molecule has 0 fully saturated rings. The van der Waals surface area contributed by atoms with E-state index in [1.807, 2.05) is 0 Å². The summed E-state index contributed by atoms with van der Waals surface area (Å²) in [5.74, 6) is 0.352. The van der Waals surface area contributed by atoms with Crippen LogP contribution in [-0.4, -0.2) is 17.0 Å². The van der Waals surface area contributed by atoms with E-state index in [1.54, 1.807) is 0 Å². The van der Waals surface area contributed by atoms with Crippen molar-refractivity contribution in [3.05, 3.63) is 29.6 Å². The summed E-state index contributed by atoms with van der Waals surface area (Å²) in [5, 5.41) is 11.0. The van der Waals surface area contributed by atoms with Gasteiger partial charge in [0.1, 0.15) is 5.70 Å². The van der Waals surface area contributed by atoms with Crippen molar-refractivity contribution < 1.29 is 14.7 Å². The standard InChI is InChI=1S/C7H5NO3/c9-4-6-5(7(10)11)2-1-3-8-6/h1-3,8H,(H,10,11). The van der Waals surface area contributed by atoms with Crippen LogP contribution in [0, 0.1) is 0 Å². The average molecular weight is 151 g/mol. The van der Waals surface area contributed by atoms with Crippen LogP contribution in [0.5, 0.6) is 0 Å². The highest BCUT2D eigenvalue weighted by atomic mass is 16.4. The first-order valence-corrected chi connectivity index (χ1v) is 2.88. The number of nitrogens with one attached hydrogen (secondary N) is 1. The van der Waals surface area contributed by atoms with Crippen molar-refractivity contribution in [2.75, 3.05) is 0 Å². The molecule has 1 aliphatic heterocycles. The molecule has 0 spiro atoms. The third-order valence-corrected chi connectivity index (χ3v) is 1.19. The summed E-state index contributed by atoms with van der Waals surface area (Å²) in [5.41, 5.74) is -0.109. The van der Waals surface area contributed by atoms with Gasteiger partial charge in [-0.05, 0) is 12.2 Å². The number of dihydropyridines is 1. The first-order chi connectivity index (χ1) is 5.25. The predicted octanol–water partition coefficient (Wildman–Crippen LogP) is -0.170. The van der Waals surface area contributed by atoms with Gasteiger partial charge in [0.25, 0.3) is 0 Å². The Morgan fingerprint density at radius 3 is 2.82 bits per heavy atom. The van der Waals surface area contributed by atoms with Gasteiger partial charge in [-0.3, -0.25) is 0 Å². The molecule has 4 nitrogen and oxygen atoms in total. The fraction of sp³-hybridized carbons (Fsp3) is 0. The number of carboxylic acid groups (broad SMARTS) is 1. The van der Waals surface area contributed by atoms with E-state index in [9.17, 15) is 9.59 Å². The predicted molar refractivity (Wildman–Crippen MR) is 37.2 cm³/mol. The van der Waals surface area contributed by atoms with Crippen molar-refractivity contribution in [3.8, 4) is 0 Å². The van der Waals surface area contributed by atoms with E-state index in [1.165, 1.54) is 24.3 Å². The molecule has 0 amide bonds. The molecule has 0 unspecified atom stereocenters. The van der Waals surface area contributed by atoms with Gasteiger partial charge in [-0.15, -0.1) is 0 Å². The van der Waals surface area contributed by atoms with Crippen molar-refractivity contribution in [2.45, 2.75) is 0 Å². The van der Waals surface area contributed by atoms with Crippen LogP contribution in [0.2, 0.25) is 0 Å². The van der Waals surface area contributed by atoms with Crippen LogP contribution < -0.4 is 5.32 Å². The van der Waals surface area contributed by atoms with Gasteiger partial charge in [-0.1, -0.05) is 0 Å². The van der Waals surface area contributed by atoms with Crippen molar-refractivity contribution in [1.82, 2.24) is 5.32 Å². The number of carboxylic acids is 1. The molecule has 56 valence electrons. The molecule has 2 N–H and O–H groups in total. The fourth-order valence-corrected chi connectivity index (χ4v) is 0.700. The largest absolute Gasteiger partial charge is 0.478 e. The summed E-state index contributed by atoms with van der Waals surface area (Å²) in [6.07, 6.45) is 4.30. The molecule has 0 radical (unpaired) electrons. The number of aliphatic carboxylic acids is 1. The summed E-state index contributed by atoms with van der Waals surface area (Å²) in [4.78, 5) is 20.5. The Morgan fingerprint density at radius 1 is 1.64 bits per heavy atom. The highest BCUT2D eigenvalue weighted by molar-refractivity contribution is 5.95. The highest BCUT2D eigenvalue weighted by Crippen LogP contribution is 2.07. The number of carbonyl (C=O) groups excluding carboxylic acids is 1. The molecule has 0 aromatic rings. The van der Waals surface area contributed by atoms with E-state index in [0.717, 1.165) is 0 Å². The van der Waals surface area contributed by atoms with Gasteiger partial charge in [-0.25, -0.2) is 9.59 Å². The molecule has 11 heavy (non-hydrogen) atoms. The topological polar surface area (TPSA) is 66.4 Å². The summed E-state index contributed by atoms with van der Waals surface area (Å²) in [6.45, 7) is 0. The molecule has 0 saturated carbocycles. The molecule has 0 aliphatic carbocycles. The molecule has 0 atom stereocenters. The lowest BCUT2D eigenvalue weighted by atomic mass is 10.1. The minimum absolute atomic E-state index is 0.0417. The minimum atomic E-state index is -1.14. The lowest BCUT2D eigenvalue weighted by molar-refractivity contribution is -0.132. The number of hydrogen-bond acceptors (Lipinski definition) is 3. The monoisotopic (exact) mass is 151 g/mol. The molecular formula is C7H5NO3. The summed E-state index contributed by atoms with van der Waals surface area (Å²) in [6, 6.07) is 0. The van der Waals surface area contributed by atoms with Crippen LogP contribution >= 0.6 is 0 Å². The minimum Gasteiger partial charge on any atom is -0.478 e. The van der Waals surface area contributed by atoms with Crippen LogP contribution in [0.3, 0.4) is 0 Å². The molecule has 1 heterocycles. The quantitative estimate of drug-likeness (QED) is 0.510. The fourth-order valence-electron chi connectivity index (χ4n) is 0.700. The molecular weight excluding hydrogens is 146 g/mol.